The Kier molecular flexibility index (Phi) is 3.85. The van der Waals surface area contributed by atoms with E-state index in [-0.39, 0.29) is 0 Å². The third kappa shape index (κ3) is 3.10. The van der Waals surface area contributed by atoms with Crippen LogP contribution in [0.5, 0.6) is 0 Å². The SMILES string of the molecule is N#Cc1ccc(Cl)cc1NCc1cnc(Cl)s1. The number of hydrogen-bond donors (Lipinski definition) is 1. The van der Waals surface area contributed by atoms with Crippen molar-refractivity contribution < 1.29 is 0 Å². The van der Waals surface area contributed by atoms with Crippen LogP contribution in [0.4, 0.5) is 5.69 Å². The predicted molar refractivity (Wildman–Crippen MR) is 70.6 cm³/mol. The lowest BCUT2D eigenvalue weighted by molar-refractivity contribution is 1.17. The van der Waals surface area contributed by atoms with Gasteiger partial charge in [0, 0.05) is 16.1 Å². The van der Waals surface area contributed by atoms with Crippen LogP contribution in [0.1, 0.15) is 10.4 Å². The van der Waals surface area contributed by atoms with E-state index in [0.717, 1.165) is 4.88 Å². The van der Waals surface area contributed by atoms with Gasteiger partial charge in [0.2, 0.25) is 0 Å². The highest BCUT2D eigenvalue weighted by atomic mass is 35.5. The van der Waals surface area contributed by atoms with Crippen LogP contribution in [0.3, 0.4) is 0 Å². The number of halogens is 2. The van der Waals surface area contributed by atoms with E-state index in [9.17, 15) is 0 Å². The van der Waals surface area contributed by atoms with Crippen LogP contribution in [0, 0.1) is 11.3 Å². The van der Waals surface area contributed by atoms with Crippen molar-refractivity contribution in [3.63, 3.8) is 0 Å². The fraction of sp³-hybridized carbons (Fsp3) is 0.0909. The van der Waals surface area contributed by atoms with E-state index < -0.39 is 0 Å². The Morgan fingerprint density at radius 1 is 1.41 bits per heavy atom. The zero-order chi connectivity index (χ0) is 12.3. The van der Waals surface area contributed by atoms with E-state index in [4.69, 9.17) is 28.5 Å². The van der Waals surface area contributed by atoms with Gasteiger partial charge in [-0.05, 0) is 18.2 Å². The van der Waals surface area contributed by atoms with Crippen LogP contribution in [0.2, 0.25) is 9.49 Å². The molecule has 2 rings (SSSR count). The van der Waals surface area contributed by atoms with Gasteiger partial charge in [-0.25, -0.2) is 4.98 Å². The summed E-state index contributed by atoms with van der Waals surface area (Å²) in [5.41, 5.74) is 1.27. The Hall–Kier alpha value is -1.28. The highest BCUT2D eigenvalue weighted by molar-refractivity contribution is 7.15. The van der Waals surface area contributed by atoms with Crippen LogP contribution in [-0.4, -0.2) is 4.98 Å². The summed E-state index contributed by atoms with van der Waals surface area (Å²) in [5, 5.41) is 12.7. The van der Waals surface area contributed by atoms with Crippen molar-refractivity contribution in [3.05, 3.63) is 44.3 Å². The molecular weight excluding hydrogens is 277 g/mol. The largest absolute Gasteiger partial charge is 0.379 e. The third-order valence-corrected chi connectivity index (χ3v) is 3.43. The number of rotatable bonds is 3. The third-order valence-electron chi connectivity index (χ3n) is 2.08. The molecule has 1 heterocycles. The second kappa shape index (κ2) is 5.37. The zero-order valence-corrected chi connectivity index (χ0v) is 10.9. The van der Waals surface area contributed by atoms with Crippen LogP contribution in [0.15, 0.2) is 24.4 Å². The average Bonchev–Trinajstić information content (AvgIpc) is 2.73. The molecule has 6 heteroatoms. The number of thiazole rings is 1. The molecule has 0 aliphatic carbocycles. The van der Waals surface area contributed by atoms with E-state index in [0.29, 0.717) is 27.3 Å². The summed E-state index contributed by atoms with van der Waals surface area (Å²) in [5.74, 6) is 0. The number of nitriles is 1. The molecular formula is C11H7Cl2N3S. The molecule has 0 saturated carbocycles. The minimum absolute atomic E-state index is 0.508. The standard InChI is InChI=1S/C11H7Cl2N3S/c12-8-2-1-7(4-14)10(3-8)15-5-9-6-16-11(13)17-9/h1-3,6,15H,5H2. The summed E-state index contributed by atoms with van der Waals surface area (Å²) in [6.45, 7) is 0.569. The highest BCUT2D eigenvalue weighted by Gasteiger charge is 2.04. The number of anilines is 1. The lowest BCUT2D eigenvalue weighted by Crippen LogP contribution is -1.99. The van der Waals surface area contributed by atoms with E-state index in [2.05, 4.69) is 16.4 Å². The Morgan fingerprint density at radius 2 is 2.24 bits per heavy atom. The molecule has 0 amide bonds. The Labute approximate surface area is 113 Å². The van der Waals surface area contributed by atoms with E-state index in [1.807, 2.05) is 0 Å². The van der Waals surface area contributed by atoms with Crippen LogP contribution in [0.25, 0.3) is 0 Å². The Balaban J connectivity index is 2.13. The molecule has 0 aliphatic heterocycles. The summed E-state index contributed by atoms with van der Waals surface area (Å²) in [7, 11) is 0. The van der Waals surface area contributed by atoms with Crippen LogP contribution >= 0.6 is 34.5 Å². The summed E-state index contributed by atoms with van der Waals surface area (Å²) >= 11 is 13.0. The van der Waals surface area contributed by atoms with Gasteiger partial charge in [-0.1, -0.05) is 23.2 Å². The molecule has 0 spiro atoms. The van der Waals surface area contributed by atoms with Gasteiger partial charge in [0.15, 0.2) is 4.47 Å². The average molecular weight is 284 g/mol. The minimum atomic E-state index is 0.508. The lowest BCUT2D eigenvalue weighted by Gasteiger charge is -2.06. The first kappa shape index (κ1) is 12.2. The Bertz CT molecular complexity index is 574. The van der Waals surface area contributed by atoms with Crippen molar-refractivity contribution in [1.82, 2.24) is 4.98 Å². The summed E-state index contributed by atoms with van der Waals surface area (Å²) in [6, 6.07) is 7.20. The lowest BCUT2D eigenvalue weighted by atomic mass is 10.2. The van der Waals surface area contributed by atoms with Gasteiger partial charge >= 0.3 is 0 Å². The monoisotopic (exact) mass is 283 g/mol. The number of benzene rings is 1. The van der Waals surface area contributed by atoms with Crippen molar-refractivity contribution >= 4 is 40.2 Å². The van der Waals surface area contributed by atoms with E-state index >= 15 is 0 Å². The smallest absolute Gasteiger partial charge is 0.183 e. The summed E-state index contributed by atoms with van der Waals surface area (Å²) in [4.78, 5) is 4.94. The van der Waals surface area contributed by atoms with Gasteiger partial charge in [0.05, 0.1) is 17.8 Å². The van der Waals surface area contributed by atoms with Gasteiger partial charge in [-0.2, -0.15) is 5.26 Å². The first-order chi connectivity index (χ1) is 8.19. The van der Waals surface area contributed by atoms with Crippen molar-refractivity contribution in [2.24, 2.45) is 0 Å². The fourth-order valence-electron chi connectivity index (χ4n) is 1.31. The van der Waals surface area contributed by atoms with E-state index in [1.165, 1.54) is 11.3 Å². The van der Waals surface area contributed by atoms with Crippen LogP contribution in [-0.2, 0) is 6.54 Å². The summed E-state index contributed by atoms with van der Waals surface area (Å²) in [6.07, 6.45) is 1.70. The molecule has 0 atom stereocenters. The molecule has 1 aromatic carbocycles. The molecule has 0 unspecified atom stereocenters. The van der Waals surface area contributed by atoms with Gasteiger partial charge in [0.25, 0.3) is 0 Å². The van der Waals surface area contributed by atoms with Crippen molar-refractivity contribution in [3.8, 4) is 6.07 Å². The zero-order valence-electron chi connectivity index (χ0n) is 8.58. The topological polar surface area (TPSA) is 48.7 Å². The number of nitrogens with one attached hydrogen (secondary N) is 1. The molecule has 2 aromatic rings. The van der Waals surface area contributed by atoms with Gasteiger partial charge in [-0.15, -0.1) is 11.3 Å². The highest BCUT2D eigenvalue weighted by Crippen LogP contribution is 2.23. The predicted octanol–water partition coefficient (Wildman–Crippen LogP) is 3.93. The van der Waals surface area contributed by atoms with Crippen LogP contribution < -0.4 is 5.32 Å². The number of aromatic nitrogens is 1. The quantitative estimate of drug-likeness (QED) is 0.928. The maximum absolute atomic E-state index is 8.95. The molecule has 0 radical (unpaired) electrons. The first-order valence-electron chi connectivity index (χ1n) is 4.73. The molecule has 17 heavy (non-hydrogen) atoms. The maximum atomic E-state index is 8.95. The molecule has 0 aliphatic rings. The molecule has 3 nitrogen and oxygen atoms in total. The van der Waals surface area contributed by atoms with Crippen molar-refractivity contribution in [1.29, 1.82) is 5.26 Å². The Morgan fingerprint density at radius 3 is 2.88 bits per heavy atom. The van der Waals surface area contributed by atoms with Crippen molar-refractivity contribution in [2.75, 3.05) is 5.32 Å². The van der Waals surface area contributed by atoms with Crippen molar-refractivity contribution in [2.45, 2.75) is 6.54 Å². The number of nitrogens with zero attached hydrogens (tertiary/aromatic N) is 2. The summed E-state index contributed by atoms with van der Waals surface area (Å²) < 4.78 is 0.508. The second-order valence-corrected chi connectivity index (χ2v) is 5.37. The molecule has 1 aromatic heterocycles. The van der Waals surface area contributed by atoms with E-state index in [1.54, 1.807) is 24.4 Å². The molecule has 1 N–H and O–H groups in total. The normalized spacial score (nSPS) is 9.94. The number of hydrogen-bond acceptors (Lipinski definition) is 4. The molecule has 0 saturated heterocycles. The van der Waals surface area contributed by atoms with Gasteiger partial charge < -0.3 is 5.32 Å². The van der Waals surface area contributed by atoms with Gasteiger partial charge in [0.1, 0.15) is 6.07 Å². The maximum Gasteiger partial charge on any atom is 0.183 e. The molecule has 0 bridgehead atoms. The minimum Gasteiger partial charge on any atom is -0.379 e. The second-order valence-electron chi connectivity index (χ2n) is 3.23. The van der Waals surface area contributed by atoms with Gasteiger partial charge in [-0.3, -0.25) is 0 Å². The molecule has 0 fully saturated rings. The fourth-order valence-corrected chi connectivity index (χ4v) is 2.40. The first-order valence-corrected chi connectivity index (χ1v) is 6.30. The molecule has 86 valence electrons.